The maximum absolute atomic E-state index is 12.4. The third-order valence-electron chi connectivity index (χ3n) is 2.19. The van der Waals surface area contributed by atoms with Gasteiger partial charge in [-0.15, -0.1) is 0 Å². The van der Waals surface area contributed by atoms with Crippen molar-refractivity contribution in [2.45, 2.75) is 10.7 Å². The summed E-state index contributed by atoms with van der Waals surface area (Å²) >= 11 is 0.229. The number of thioether (sulfide) groups is 1. The highest BCUT2D eigenvalue weighted by Crippen LogP contribution is 2.28. The number of halogens is 2. The molecule has 0 saturated heterocycles. The van der Waals surface area contributed by atoms with E-state index in [0.717, 1.165) is 0 Å². The van der Waals surface area contributed by atoms with Gasteiger partial charge in [-0.2, -0.15) is 8.78 Å². The van der Waals surface area contributed by atoms with Crippen LogP contribution in [0.3, 0.4) is 0 Å². The van der Waals surface area contributed by atoms with Crippen LogP contribution in [-0.4, -0.2) is 41.7 Å². The van der Waals surface area contributed by atoms with Crippen LogP contribution < -0.4 is 10.6 Å². The molecule has 0 aliphatic heterocycles. The standard InChI is InChI=1S/C12H12F2N2O4S/c13-12(14)21-8-4-2-1-3-7(8)11(20)16-5-9(17)15-6-10(18)19/h1-4,12H,5-6H2,(H,15,17)(H,16,20)(H,18,19). The minimum atomic E-state index is -2.67. The molecule has 0 saturated carbocycles. The average Bonchev–Trinajstić information content (AvgIpc) is 2.42. The number of alkyl halides is 2. The van der Waals surface area contributed by atoms with Crippen LogP contribution >= 0.6 is 11.8 Å². The van der Waals surface area contributed by atoms with Gasteiger partial charge in [0.25, 0.3) is 11.7 Å². The number of nitrogens with one attached hydrogen (secondary N) is 2. The summed E-state index contributed by atoms with van der Waals surface area (Å²) in [6.45, 7) is -1.01. The van der Waals surface area contributed by atoms with Crippen LogP contribution in [-0.2, 0) is 9.59 Å². The fraction of sp³-hybridized carbons (Fsp3) is 0.250. The summed E-state index contributed by atoms with van der Waals surface area (Å²) in [6, 6.07) is 5.75. The molecule has 0 unspecified atom stereocenters. The van der Waals surface area contributed by atoms with Crippen molar-refractivity contribution < 1.29 is 28.3 Å². The van der Waals surface area contributed by atoms with Crippen molar-refractivity contribution in [1.29, 1.82) is 0 Å². The van der Waals surface area contributed by atoms with Gasteiger partial charge in [0, 0.05) is 4.90 Å². The van der Waals surface area contributed by atoms with Gasteiger partial charge in [-0.1, -0.05) is 23.9 Å². The summed E-state index contributed by atoms with van der Waals surface area (Å²) in [7, 11) is 0. The maximum atomic E-state index is 12.4. The minimum Gasteiger partial charge on any atom is -0.480 e. The second-order valence-corrected chi connectivity index (χ2v) is 4.76. The zero-order chi connectivity index (χ0) is 15.8. The molecule has 114 valence electrons. The molecule has 0 spiro atoms. The van der Waals surface area contributed by atoms with Gasteiger partial charge in [-0.3, -0.25) is 14.4 Å². The van der Waals surface area contributed by atoms with Crippen LogP contribution in [0.5, 0.6) is 0 Å². The maximum Gasteiger partial charge on any atom is 0.322 e. The van der Waals surface area contributed by atoms with Crippen LogP contribution in [0.4, 0.5) is 8.78 Å². The third kappa shape index (κ3) is 6.21. The highest BCUT2D eigenvalue weighted by molar-refractivity contribution is 7.99. The summed E-state index contributed by atoms with van der Waals surface area (Å²) in [5.74, 6) is -5.26. The van der Waals surface area contributed by atoms with E-state index in [1.807, 2.05) is 0 Å². The van der Waals surface area contributed by atoms with Crippen molar-refractivity contribution in [1.82, 2.24) is 10.6 Å². The summed E-state index contributed by atoms with van der Waals surface area (Å²) in [4.78, 5) is 33.4. The highest BCUT2D eigenvalue weighted by atomic mass is 32.2. The van der Waals surface area contributed by atoms with E-state index in [1.54, 1.807) is 0 Å². The van der Waals surface area contributed by atoms with Crippen molar-refractivity contribution in [3.05, 3.63) is 29.8 Å². The summed E-state index contributed by atoms with van der Waals surface area (Å²) in [5, 5.41) is 12.7. The summed E-state index contributed by atoms with van der Waals surface area (Å²) in [5.41, 5.74) is 0.0221. The molecular weight excluding hydrogens is 306 g/mol. The van der Waals surface area contributed by atoms with E-state index in [9.17, 15) is 23.2 Å². The lowest BCUT2D eigenvalue weighted by atomic mass is 10.2. The Labute approximate surface area is 122 Å². The van der Waals surface area contributed by atoms with Crippen LogP contribution in [0.1, 0.15) is 10.4 Å². The Morgan fingerprint density at radius 1 is 1.14 bits per heavy atom. The number of hydrogen-bond acceptors (Lipinski definition) is 4. The molecule has 1 rings (SSSR count). The fourth-order valence-electron chi connectivity index (χ4n) is 1.35. The lowest BCUT2D eigenvalue weighted by Gasteiger charge is -2.09. The molecule has 0 aromatic heterocycles. The van der Waals surface area contributed by atoms with Crippen molar-refractivity contribution in [3.63, 3.8) is 0 Å². The Kier molecular flexibility index (Phi) is 6.60. The Morgan fingerprint density at radius 2 is 1.81 bits per heavy atom. The number of carboxylic acids is 1. The topological polar surface area (TPSA) is 95.5 Å². The first-order valence-electron chi connectivity index (χ1n) is 5.70. The zero-order valence-corrected chi connectivity index (χ0v) is 11.5. The second-order valence-electron chi connectivity index (χ2n) is 3.73. The molecule has 0 bridgehead atoms. The lowest BCUT2D eigenvalue weighted by molar-refractivity contribution is -0.137. The predicted molar refractivity (Wildman–Crippen MR) is 71.3 cm³/mol. The zero-order valence-electron chi connectivity index (χ0n) is 10.6. The van der Waals surface area contributed by atoms with Crippen molar-refractivity contribution in [2.24, 2.45) is 0 Å². The molecule has 3 N–H and O–H groups in total. The number of carbonyl (C=O) groups excluding carboxylic acids is 2. The molecule has 0 aliphatic carbocycles. The number of hydrogen-bond donors (Lipinski definition) is 3. The quantitative estimate of drug-likeness (QED) is 0.650. The SMILES string of the molecule is O=C(O)CNC(=O)CNC(=O)c1ccccc1SC(F)F. The van der Waals surface area contributed by atoms with E-state index in [1.165, 1.54) is 24.3 Å². The predicted octanol–water partition coefficient (Wildman–Crippen LogP) is 0.932. The number of amides is 2. The Morgan fingerprint density at radius 3 is 2.43 bits per heavy atom. The van der Waals surface area contributed by atoms with Gasteiger partial charge in [0.2, 0.25) is 5.91 Å². The monoisotopic (exact) mass is 318 g/mol. The van der Waals surface area contributed by atoms with Gasteiger partial charge in [0.1, 0.15) is 6.54 Å². The third-order valence-corrected chi connectivity index (χ3v) is 2.98. The Balaban J connectivity index is 2.59. The van der Waals surface area contributed by atoms with Crippen LogP contribution in [0, 0.1) is 0 Å². The largest absolute Gasteiger partial charge is 0.480 e. The number of carboxylic acid groups (broad SMARTS) is 1. The fourth-order valence-corrected chi connectivity index (χ4v) is 1.98. The smallest absolute Gasteiger partial charge is 0.322 e. The summed E-state index contributed by atoms with van der Waals surface area (Å²) in [6.07, 6.45) is 0. The van der Waals surface area contributed by atoms with Crippen molar-refractivity contribution >= 4 is 29.5 Å². The van der Waals surface area contributed by atoms with Crippen LogP contribution in [0.2, 0.25) is 0 Å². The van der Waals surface area contributed by atoms with Gasteiger partial charge in [-0.05, 0) is 12.1 Å². The first-order valence-corrected chi connectivity index (χ1v) is 6.58. The van der Waals surface area contributed by atoms with Gasteiger partial charge < -0.3 is 15.7 Å². The van der Waals surface area contributed by atoms with E-state index in [0.29, 0.717) is 0 Å². The van der Waals surface area contributed by atoms with E-state index in [2.05, 4.69) is 10.6 Å². The molecule has 6 nitrogen and oxygen atoms in total. The van der Waals surface area contributed by atoms with Crippen LogP contribution in [0.15, 0.2) is 29.2 Å². The molecule has 21 heavy (non-hydrogen) atoms. The first kappa shape index (κ1) is 16.9. The number of carbonyl (C=O) groups is 3. The molecular formula is C12H12F2N2O4S. The van der Waals surface area contributed by atoms with Gasteiger partial charge in [0.05, 0.1) is 12.1 Å². The molecule has 9 heteroatoms. The van der Waals surface area contributed by atoms with Crippen molar-refractivity contribution in [2.75, 3.05) is 13.1 Å². The van der Waals surface area contributed by atoms with Crippen LogP contribution in [0.25, 0.3) is 0 Å². The van der Waals surface area contributed by atoms with E-state index < -0.39 is 36.6 Å². The highest BCUT2D eigenvalue weighted by Gasteiger charge is 2.15. The number of rotatable bonds is 7. The molecule has 1 aromatic carbocycles. The number of aliphatic carboxylic acids is 1. The molecule has 1 aromatic rings. The van der Waals surface area contributed by atoms with Gasteiger partial charge in [0.15, 0.2) is 0 Å². The number of benzene rings is 1. The Hall–Kier alpha value is -2.16. The molecule has 0 atom stereocenters. The lowest BCUT2D eigenvalue weighted by Crippen LogP contribution is -2.39. The molecule has 2 amide bonds. The first-order chi connectivity index (χ1) is 9.90. The second kappa shape index (κ2) is 8.20. The van der Waals surface area contributed by atoms with Crippen molar-refractivity contribution in [3.8, 4) is 0 Å². The molecule has 0 fully saturated rings. The minimum absolute atomic E-state index is 0.0221. The molecule has 0 radical (unpaired) electrons. The van der Waals surface area contributed by atoms with E-state index in [-0.39, 0.29) is 22.2 Å². The average molecular weight is 318 g/mol. The van der Waals surface area contributed by atoms with Gasteiger partial charge >= 0.3 is 5.97 Å². The molecule has 0 aliphatic rings. The Bertz CT molecular complexity index is 540. The molecule has 0 heterocycles. The van der Waals surface area contributed by atoms with E-state index in [4.69, 9.17) is 5.11 Å². The summed E-state index contributed by atoms with van der Waals surface area (Å²) < 4.78 is 24.7. The van der Waals surface area contributed by atoms with Gasteiger partial charge in [-0.25, -0.2) is 0 Å². The normalized spacial score (nSPS) is 10.2. The van der Waals surface area contributed by atoms with E-state index >= 15 is 0 Å².